The van der Waals surface area contributed by atoms with Crippen LogP contribution in [-0.4, -0.2) is 15.8 Å². The number of aryl methyl sites for hydroxylation is 1. The van der Waals surface area contributed by atoms with Gasteiger partial charge in [0.25, 0.3) is 0 Å². The normalized spacial score (nSPS) is 19.7. The zero-order chi connectivity index (χ0) is 14.3. The number of carbonyl (C=O) groups is 1. The summed E-state index contributed by atoms with van der Waals surface area (Å²) in [4.78, 5) is 21.4. The van der Waals surface area contributed by atoms with E-state index in [0.29, 0.717) is 6.42 Å². The molecular formula is C18H18N2O. The first-order valence-corrected chi connectivity index (χ1v) is 7.75. The molecule has 21 heavy (non-hydrogen) atoms. The quantitative estimate of drug-likeness (QED) is 0.790. The summed E-state index contributed by atoms with van der Waals surface area (Å²) in [7, 11) is 0. The first kappa shape index (κ1) is 12.7. The van der Waals surface area contributed by atoms with E-state index in [1.165, 1.54) is 5.56 Å². The second-order valence-corrected chi connectivity index (χ2v) is 6.13. The summed E-state index contributed by atoms with van der Waals surface area (Å²) in [6.45, 7) is 0. The minimum absolute atomic E-state index is 0.00829. The number of carbonyl (C=O) groups excluding carboxylic acids is 1. The highest BCUT2D eigenvalue weighted by Crippen LogP contribution is 2.52. The van der Waals surface area contributed by atoms with Gasteiger partial charge in [-0.1, -0.05) is 30.3 Å². The molecule has 0 N–H and O–H groups in total. The molecule has 3 heteroatoms. The first-order valence-electron chi connectivity index (χ1n) is 7.75. The van der Waals surface area contributed by atoms with Gasteiger partial charge in [-0.3, -0.25) is 4.79 Å². The van der Waals surface area contributed by atoms with E-state index in [4.69, 9.17) is 4.98 Å². The Morgan fingerprint density at radius 3 is 2.52 bits per heavy atom. The third-order valence-corrected chi connectivity index (χ3v) is 4.74. The summed E-state index contributed by atoms with van der Waals surface area (Å²) < 4.78 is 0. The maximum Gasteiger partial charge on any atom is 0.166 e. The molecule has 2 aromatic rings. The fourth-order valence-corrected chi connectivity index (χ4v) is 3.31. The van der Waals surface area contributed by atoms with Gasteiger partial charge in [0.1, 0.15) is 5.82 Å². The van der Waals surface area contributed by atoms with Gasteiger partial charge in [0.05, 0.1) is 16.7 Å². The molecule has 3 nitrogen and oxygen atoms in total. The number of benzene rings is 1. The molecule has 0 radical (unpaired) electrons. The number of ketones is 1. The Morgan fingerprint density at radius 1 is 1.00 bits per heavy atom. The van der Waals surface area contributed by atoms with Crippen LogP contribution < -0.4 is 0 Å². The minimum atomic E-state index is -0.00829. The third kappa shape index (κ3) is 2.08. The number of aromatic nitrogens is 2. The molecule has 0 saturated heterocycles. The van der Waals surface area contributed by atoms with Crippen molar-refractivity contribution in [2.45, 2.75) is 43.9 Å². The second kappa shape index (κ2) is 4.76. The summed E-state index contributed by atoms with van der Waals surface area (Å²) in [6, 6.07) is 10.5. The van der Waals surface area contributed by atoms with Crippen molar-refractivity contribution in [1.29, 1.82) is 0 Å². The Hall–Kier alpha value is -2.03. The van der Waals surface area contributed by atoms with Crippen LogP contribution in [-0.2, 0) is 11.8 Å². The molecule has 1 aromatic carbocycles. The van der Waals surface area contributed by atoms with Crippen molar-refractivity contribution in [3.05, 3.63) is 59.2 Å². The first-order chi connectivity index (χ1) is 10.3. The predicted molar refractivity (Wildman–Crippen MR) is 80.4 cm³/mol. The van der Waals surface area contributed by atoms with Crippen molar-refractivity contribution in [3.8, 4) is 0 Å². The van der Waals surface area contributed by atoms with Crippen LogP contribution in [0.3, 0.4) is 0 Å². The molecule has 4 rings (SSSR count). The second-order valence-electron chi connectivity index (χ2n) is 6.13. The van der Waals surface area contributed by atoms with Crippen LogP contribution in [0, 0.1) is 0 Å². The van der Waals surface area contributed by atoms with Gasteiger partial charge in [-0.25, -0.2) is 9.97 Å². The maximum atomic E-state index is 12.1. The smallest absolute Gasteiger partial charge is 0.166 e. The standard InChI is InChI=1S/C18H18N2O/c21-16-9-5-4-8-15-14(16)12-19-17(20-15)18(10-11-18)13-6-2-1-3-7-13/h1-3,6-7,12H,4-5,8-11H2. The zero-order valence-corrected chi connectivity index (χ0v) is 12.0. The Balaban J connectivity index is 1.77. The average molecular weight is 278 g/mol. The number of nitrogens with zero attached hydrogens (tertiary/aromatic N) is 2. The van der Waals surface area contributed by atoms with Crippen LogP contribution in [0.2, 0.25) is 0 Å². The molecule has 0 bridgehead atoms. The van der Waals surface area contributed by atoms with Gasteiger partial charge in [-0.2, -0.15) is 0 Å². The van der Waals surface area contributed by atoms with Crippen LogP contribution in [0.5, 0.6) is 0 Å². The van der Waals surface area contributed by atoms with Crippen molar-refractivity contribution in [3.63, 3.8) is 0 Å². The van der Waals surface area contributed by atoms with Crippen molar-refractivity contribution >= 4 is 5.78 Å². The zero-order valence-electron chi connectivity index (χ0n) is 12.0. The van der Waals surface area contributed by atoms with Gasteiger partial charge < -0.3 is 0 Å². The lowest BCUT2D eigenvalue weighted by atomic mass is 9.94. The third-order valence-electron chi connectivity index (χ3n) is 4.74. The monoisotopic (exact) mass is 278 g/mol. The van der Waals surface area contributed by atoms with Crippen LogP contribution >= 0.6 is 0 Å². The Kier molecular flexibility index (Phi) is 2.88. The van der Waals surface area contributed by atoms with E-state index in [2.05, 4.69) is 29.2 Å². The summed E-state index contributed by atoms with van der Waals surface area (Å²) in [6.07, 6.45) is 7.53. The largest absolute Gasteiger partial charge is 0.294 e. The predicted octanol–water partition coefficient (Wildman–Crippen LogP) is 3.47. The van der Waals surface area contributed by atoms with Crippen molar-refractivity contribution < 1.29 is 4.79 Å². The Morgan fingerprint density at radius 2 is 1.76 bits per heavy atom. The highest BCUT2D eigenvalue weighted by Gasteiger charge is 2.48. The van der Waals surface area contributed by atoms with Gasteiger partial charge in [-0.05, 0) is 37.7 Å². The highest BCUT2D eigenvalue weighted by molar-refractivity contribution is 5.97. The summed E-state index contributed by atoms with van der Waals surface area (Å²) in [5.41, 5.74) is 3.00. The Labute approximate surface area is 124 Å². The molecule has 2 aliphatic carbocycles. The molecule has 1 saturated carbocycles. The van der Waals surface area contributed by atoms with Gasteiger partial charge in [0.15, 0.2) is 5.78 Å². The fourth-order valence-electron chi connectivity index (χ4n) is 3.31. The van der Waals surface area contributed by atoms with E-state index < -0.39 is 0 Å². The molecule has 2 aliphatic rings. The van der Waals surface area contributed by atoms with E-state index in [-0.39, 0.29) is 11.2 Å². The minimum Gasteiger partial charge on any atom is -0.294 e. The van der Waals surface area contributed by atoms with E-state index in [1.54, 1.807) is 6.20 Å². The van der Waals surface area contributed by atoms with E-state index in [9.17, 15) is 4.79 Å². The van der Waals surface area contributed by atoms with E-state index >= 15 is 0 Å². The number of hydrogen-bond donors (Lipinski definition) is 0. The van der Waals surface area contributed by atoms with E-state index in [1.807, 2.05) is 6.07 Å². The molecule has 1 fully saturated rings. The van der Waals surface area contributed by atoms with Crippen LogP contribution in [0.1, 0.15) is 59.5 Å². The van der Waals surface area contributed by atoms with Crippen molar-refractivity contribution in [2.75, 3.05) is 0 Å². The molecule has 106 valence electrons. The lowest BCUT2D eigenvalue weighted by Crippen LogP contribution is -2.16. The number of hydrogen-bond acceptors (Lipinski definition) is 3. The van der Waals surface area contributed by atoms with E-state index in [0.717, 1.165) is 49.2 Å². The molecule has 1 aromatic heterocycles. The summed E-state index contributed by atoms with van der Waals surface area (Å²) >= 11 is 0. The lowest BCUT2D eigenvalue weighted by molar-refractivity contribution is 0.0981. The van der Waals surface area contributed by atoms with Crippen LogP contribution in [0.4, 0.5) is 0 Å². The number of Topliss-reactive ketones (excluding diaryl/α,β-unsaturated/α-hetero) is 1. The van der Waals surface area contributed by atoms with Gasteiger partial charge in [0.2, 0.25) is 0 Å². The number of rotatable bonds is 2. The molecular weight excluding hydrogens is 260 g/mol. The van der Waals surface area contributed by atoms with Crippen LogP contribution in [0.25, 0.3) is 0 Å². The molecule has 0 aliphatic heterocycles. The summed E-state index contributed by atoms with van der Waals surface area (Å²) in [5.74, 6) is 1.11. The van der Waals surface area contributed by atoms with Crippen molar-refractivity contribution in [1.82, 2.24) is 9.97 Å². The maximum absolute atomic E-state index is 12.1. The molecule has 0 spiro atoms. The fraction of sp³-hybridized carbons (Fsp3) is 0.389. The van der Waals surface area contributed by atoms with Crippen molar-refractivity contribution in [2.24, 2.45) is 0 Å². The highest BCUT2D eigenvalue weighted by atomic mass is 16.1. The molecule has 1 heterocycles. The summed E-state index contributed by atoms with van der Waals surface area (Å²) in [5, 5.41) is 0. The molecule has 0 atom stereocenters. The molecule has 0 amide bonds. The van der Waals surface area contributed by atoms with Crippen LogP contribution in [0.15, 0.2) is 36.5 Å². The molecule has 0 unspecified atom stereocenters. The SMILES string of the molecule is O=C1CCCCc2nc(C3(c4ccccc4)CC3)ncc21. The van der Waals surface area contributed by atoms with Gasteiger partial charge >= 0.3 is 0 Å². The number of fused-ring (bicyclic) bond motifs is 1. The van der Waals surface area contributed by atoms with Gasteiger partial charge in [-0.15, -0.1) is 0 Å². The lowest BCUT2D eigenvalue weighted by Gasteiger charge is -2.16. The Bertz CT molecular complexity index is 690. The van der Waals surface area contributed by atoms with Gasteiger partial charge in [0, 0.05) is 12.6 Å². The average Bonchev–Trinajstić information content (AvgIpc) is 3.34. The topological polar surface area (TPSA) is 42.9 Å².